The highest BCUT2D eigenvalue weighted by molar-refractivity contribution is 5.71. The number of carbonyl (C=O) groups excluding carboxylic acids is 3. The van der Waals surface area contributed by atoms with Crippen LogP contribution in [0.2, 0.25) is 0 Å². The molecule has 1 unspecified atom stereocenters. The molecule has 0 N–H and O–H groups in total. The van der Waals surface area contributed by atoms with Crippen LogP contribution in [0, 0.1) is 0 Å². The van der Waals surface area contributed by atoms with E-state index in [0.717, 1.165) is 64.2 Å². The average Bonchev–Trinajstić information content (AvgIpc) is 3.27. The maximum atomic E-state index is 12.8. The highest BCUT2D eigenvalue weighted by Gasteiger charge is 2.19. The van der Waals surface area contributed by atoms with E-state index in [-0.39, 0.29) is 44.0 Å². The monoisotopic (exact) mass is 857 g/mol. The van der Waals surface area contributed by atoms with E-state index in [1.807, 2.05) is 66.8 Å². The maximum absolute atomic E-state index is 12.8. The Bertz CT molecular complexity index is 1350. The lowest BCUT2D eigenvalue weighted by Gasteiger charge is -2.18. The number of allylic oxidation sites excluding steroid dienone is 20. The van der Waals surface area contributed by atoms with Crippen molar-refractivity contribution in [3.8, 4) is 0 Å². The molecule has 0 radical (unpaired) electrons. The first-order chi connectivity index (χ1) is 30.5. The van der Waals surface area contributed by atoms with Gasteiger partial charge in [0.2, 0.25) is 0 Å². The fourth-order valence-electron chi connectivity index (χ4n) is 6.23. The number of esters is 3. The molecule has 6 nitrogen and oxygen atoms in total. The summed E-state index contributed by atoms with van der Waals surface area (Å²) in [6.07, 6.45) is 67.7. The van der Waals surface area contributed by atoms with E-state index in [4.69, 9.17) is 14.2 Å². The second-order valence-electron chi connectivity index (χ2n) is 15.7. The normalized spacial score (nSPS) is 13.1. The molecule has 0 saturated carbocycles. The van der Waals surface area contributed by atoms with Crippen LogP contribution >= 0.6 is 0 Å². The molecule has 62 heavy (non-hydrogen) atoms. The van der Waals surface area contributed by atoms with Crippen molar-refractivity contribution in [1.82, 2.24) is 0 Å². The first-order valence-electron chi connectivity index (χ1n) is 24.6. The van der Waals surface area contributed by atoms with Gasteiger partial charge in [-0.15, -0.1) is 0 Å². The standard InChI is InChI=1S/C56H88O6/c1-4-7-10-13-16-19-22-25-27-29-31-34-37-40-43-46-49-55(58)61-52-53(51-60-54(57)48-45-42-39-36-33-30-24-21-18-15-12-9-6-3)62-56(59)50-47-44-41-38-35-32-28-26-23-20-17-14-11-8-5-2/h7,9-10,12,15-16,18-19,21,24-25,27,30-31,33-34,36,39-40,43,53H,4-6,8,11,13-14,17,20,22-23,26,28-29,32,35,37-38,41-42,44-52H2,1-3H3/b10-7+,12-9+,18-15+,19-16+,24-21+,27-25+,33-30+,34-31+,39-36+,43-40+. The van der Waals surface area contributed by atoms with Crippen LogP contribution in [0.3, 0.4) is 0 Å². The lowest BCUT2D eigenvalue weighted by molar-refractivity contribution is -0.166. The Morgan fingerprint density at radius 1 is 0.355 bits per heavy atom. The number of ether oxygens (including phenoxy) is 3. The van der Waals surface area contributed by atoms with Gasteiger partial charge in [-0.2, -0.15) is 0 Å². The second kappa shape index (κ2) is 49.5. The lowest BCUT2D eigenvalue weighted by Crippen LogP contribution is -2.30. The van der Waals surface area contributed by atoms with Gasteiger partial charge in [-0.1, -0.05) is 232 Å². The van der Waals surface area contributed by atoms with E-state index >= 15 is 0 Å². The van der Waals surface area contributed by atoms with E-state index in [9.17, 15) is 14.4 Å². The molecule has 0 saturated heterocycles. The molecule has 0 spiro atoms. The lowest BCUT2D eigenvalue weighted by atomic mass is 10.0. The van der Waals surface area contributed by atoms with Gasteiger partial charge in [0.05, 0.1) is 0 Å². The smallest absolute Gasteiger partial charge is 0.306 e. The minimum Gasteiger partial charge on any atom is -0.462 e. The largest absolute Gasteiger partial charge is 0.462 e. The minimum absolute atomic E-state index is 0.140. The third kappa shape index (κ3) is 46.9. The van der Waals surface area contributed by atoms with Crippen molar-refractivity contribution >= 4 is 17.9 Å². The van der Waals surface area contributed by atoms with Crippen LogP contribution in [0.1, 0.15) is 194 Å². The van der Waals surface area contributed by atoms with E-state index < -0.39 is 6.10 Å². The second-order valence-corrected chi connectivity index (χ2v) is 15.7. The molecule has 0 aliphatic heterocycles. The number of hydrogen-bond acceptors (Lipinski definition) is 6. The van der Waals surface area contributed by atoms with Crippen molar-refractivity contribution < 1.29 is 28.6 Å². The third-order valence-electron chi connectivity index (χ3n) is 9.85. The molecule has 348 valence electrons. The molecule has 0 bridgehead atoms. The van der Waals surface area contributed by atoms with Gasteiger partial charge in [-0.05, 0) is 64.2 Å². The van der Waals surface area contributed by atoms with Crippen LogP contribution < -0.4 is 0 Å². The van der Waals surface area contributed by atoms with Crippen molar-refractivity contribution in [1.29, 1.82) is 0 Å². The van der Waals surface area contributed by atoms with Crippen LogP contribution in [-0.4, -0.2) is 37.2 Å². The van der Waals surface area contributed by atoms with Crippen molar-refractivity contribution in [3.63, 3.8) is 0 Å². The summed E-state index contributed by atoms with van der Waals surface area (Å²) in [5, 5.41) is 0. The van der Waals surface area contributed by atoms with Gasteiger partial charge in [0.25, 0.3) is 0 Å². The van der Waals surface area contributed by atoms with E-state index in [2.05, 4.69) is 75.5 Å². The highest BCUT2D eigenvalue weighted by Crippen LogP contribution is 2.14. The molecule has 1 atom stereocenters. The zero-order chi connectivity index (χ0) is 45.1. The SMILES string of the molecule is CC/C=C/C=C/C=C/C=C/C=C/CCCC(=O)OCC(COC(=O)CC/C=C/C/C=C/C/C=C/C/C=C/C/C=C/CC)OC(=O)CCCCCCCCCCCCCCCCC. The predicted molar refractivity (Wildman–Crippen MR) is 265 cm³/mol. The Morgan fingerprint density at radius 2 is 0.742 bits per heavy atom. The molecule has 0 aliphatic rings. The minimum atomic E-state index is -0.837. The maximum Gasteiger partial charge on any atom is 0.306 e. The van der Waals surface area contributed by atoms with Crippen LogP contribution in [0.5, 0.6) is 0 Å². The summed E-state index contributed by atoms with van der Waals surface area (Å²) in [4.78, 5) is 37.8. The zero-order valence-corrected chi connectivity index (χ0v) is 39.6. The molecule has 0 aromatic rings. The van der Waals surface area contributed by atoms with Gasteiger partial charge in [-0.3, -0.25) is 14.4 Å². The average molecular weight is 857 g/mol. The summed E-state index contributed by atoms with van der Waals surface area (Å²) < 4.78 is 16.6. The van der Waals surface area contributed by atoms with E-state index in [0.29, 0.717) is 19.3 Å². The molecule has 0 heterocycles. The quantitative estimate of drug-likeness (QED) is 0.0200. The van der Waals surface area contributed by atoms with E-state index in [1.165, 1.54) is 77.0 Å². The van der Waals surface area contributed by atoms with Crippen molar-refractivity contribution in [2.45, 2.75) is 200 Å². The molecule has 0 amide bonds. The summed E-state index contributed by atoms with van der Waals surface area (Å²) in [7, 11) is 0. The molecule has 6 heteroatoms. The summed E-state index contributed by atoms with van der Waals surface area (Å²) in [6, 6.07) is 0. The van der Waals surface area contributed by atoms with Crippen molar-refractivity contribution in [2.24, 2.45) is 0 Å². The van der Waals surface area contributed by atoms with Crippen LogP contribution in [-0.2, 0) is 28.6 Å². The summed E-state index contributed by atoms with van der Waals surface area (Å²) in [5.41, 5.74) is 0. The van der Waals surface area contributed by atoms with Crippen molar-refractivity contribution in [2.75, 3.05) is 13.2 Å². The first-order valence-corrected chi connectivity index (χ1v) is 24.6. The van der Waals surface area contributed by atoms with Crippen molar-refractivity contribution in [3.05, 3.63) is 122 Å². The summed E-state index contributed by atoms with van der Waals surface area (Å²) in [5.74, 6) is -1.10. The number of unbranched alkanes of at least 4 members (excludes halogenated alkanes) is 15. The van der Waals surface area contributed by atoms with Gasteiger partial charge in [0.15, 0.2) is 6.10 Å². The Hall–Kier alpha value is -4.19. The van der Waals surface area contributed by atoms with Crippen LogP contribution in [0.15, 0.2) is 122 Å². The molecule has 0 aromatic carbocycles. The molecule has 0 aliphatic carbocycles. The highest BCUT2D eigenvalue weighted by atomic mass is 16.6. The van der Waals surface area contributed by atoms with Gasteiger partial charge >= 0.3 is 17.9 Å². The summed E-state index contributed by atoms with van der Waals surface area (Å²) in [6.45, 7) is 6.23. The molecular weight excluding hydrogens is 769 g/mol. The van der Waals surface area contributed by atoms with Crippen LogP contribution in [0.4, 0.5) is 0 Å². The molecule has 0 aromatic heterocycles. The Morgan fingerprint density at radius 3 is 1.23 bits per heavy atom. The van der Waals surface area contributed by atoms with Gasteiger partial charge in [0, 0.05) is 19.3 Å². The topological polar surface area (TPSA) is 78.9 Å². The van der Waals surface area contributed by atoms with Gasteiger partial charge < -0.3 is 14.2 Å². The van der Waals surface area contributed by atoms with Gasteiger partial charge in [-0.25, -0.2) is 0 Å². The summed E-state index contributed by atoms with van der Waals surface area (Å²) >= 11 is 0. The Kier molecular flexibility index (Phi) is 46.1. The third-order valence-corrected chi connectivity index (χ3v) is 9.85. The fourth-order valence-corrected chi connectivity index (χ4v) is 6.23. The number of hydrogen-bond donors (Lipinski definition) is 0. The Balaban J connectivity index is 4.60. The first kappa shape index (κ1) is 57.8. The zero-order valence-electron chi connectivity index (χ0n) is 39.6. The fraction of sp³-hybridized carbons (Fsp3) is 0.589. The van der Waals surface area contributed by atoms with E-state index in [1.54, 1.807) is 0 Å². The van der Waals surface area contributed by atoms with Crippen LogP contribution in [0.25, 0.3) is 0 Å². The molecular formula is C56H88O6. The predicted octanol–water partition coefficient (Wildman–Crippen LogP) is 16.1. The number of rotatable bonds is 42. The molecule has 0 rings (SSSR count). The van der Waals surface area contributed by atoms with Gasteiger partial charge in [0.1, 0.15) is 13.2 Å². The number of carbonyl (C=O) groups is 3. The Labute approximate surface area is 380 Å². The molecule has 0 fully saturated rings.